The topological polar surface area (TPSA) is 73.4 Å². The summed E-state index contributed by atoms with van der Waals surface area (Å²) in [5.41, 5.74) is 8.15. The number of aromatic nitrogens is 2. The van der Waals surface area contributed by atoms with Gasteiger partial charge in [-0.25, -0.2) is 4.98 Å². The molecule has 0 saturated carbocycles. The van der Waals surface area contributed by atoms with Crippen molar-refractivity contribution in [3.8, 4) is 0 Å². The summed E-state index contributed by atoms with van der Waals surface area (Å²) in [6.07, 6.45) is 6.41. The minimum Gasteiger partial charge on any atom is -0.376 e. The maximum Gasteiger partial charge on any atom is 0.239 e. The zero-order valence-electron chi connectivity index (χ0n) is 14.7. The number of carbonyl (C=O) groups is 1. The summed E-state index contributed by atoms with van der Waals surface area (Å²) >= 11 is 0. The van der Waals surface area contributed by atoms with Crippen LogP contribution < -0.4 is 5.73 Å². The van der Waals surface area contributed by atoms with Gasteiger partial charge in [0.15, 0.2) is 0 Å². The van der Waals surface area contributed by atoms with Crippen molar-refractivity contribution in [1.29, 1.82) is 0 Å². The second-order valence-corrected chi connectivity index (χ2v) is 6.69. The molecule has 1 fully saturated rings. The van der Waals surface area contributed by atoms with Gasteiger partial charge in [-0.1, -0.05) is 30.3 Å². The first-order valence-electron chi connectivity index (χ1n) is 8.78. The van der Waals surface area contributed by atoms with Gasteiger partial charge in [-0.05, 0) is 18.4 Å². The van der Waals surface area contributed by atoms with Crippen molar-refractivity contribution in [3.63, 3.8) is 0 Å². The van der Waals surface area contributed by atoms with E-state index in [1.165, 1.54) is 5.56 Å². The van der Waals surface area contributed by atoms with Crippen LogP contribution in [0, 0.1) is 0 Å². The third-order valence-corrected chi connectivity index (χ3v) is 4.52. The van der Waals surface area contributed by atoms with Crippen LogP contribution in [0.3, 0.4) is 0 Å². The van der Waals surface area contributed by atoms with E-state index in [2.05, 4.69) is 17.1 Å². The molecule has 3 rings (SSSR count). The van der Waals surface area contributed by atoms with E-state index in [-0.39, 0.29) is 12.0 Å². The quantitative estimate of drug-likeness (QED) is 0.826. The molecule has 0 radical (unpaired) electrons. The van der Waals surface area contributed by atoms with Crippen molar-refractivity contribution in [2.24, 2.45) is 5.73 Å². The highest BCUT2D eigenvalue weighted by Crippen LogP contribution is 2.13. The molecule has 1 aliphatic heterocycles. The Morgan fingerprint density at radius 1 is 1.44 bits per heavy atom. The molecule has 6 nitrogen and oxygen atoms in total. The number of likely N-dealkylation sites (N-methyl/N-ethyl adjacent to an activating group) is 1. The third kappa shape index (κ3) is 4.90. The average molecular weight is 342 g/mol. The number of nitrogens with zero attached hydrogens (tertiary/aromatic N) is 3. The predicted octanol–water partition coefficient (Wildman–Crippen LogP) is 1.44. The van der Waals surface area contributed by atoms with E-state index in [1.54, 1.807) is 18.3 Å². The standard InChI is InChI=1S/C19H26N4O2/c1-22(13-17-8-5-9-25-17)19(24)18(20)10-16-12-23(14-21-16)11-15-6-3-2-4-7-15/h2-4,6-7,12,14,17-18H,5,8-11,13,20H2,1H3/t17?,18-/m0/s1. The Hall–Kier alpha value is -2.18. The van der Waals surface area contributed by atoms with Crippen LogP contribution in [0.1, 0.15) is 24.1 Å². The lowest BCUT2D eigenvalue weighted by Gasteiger charge is -2.23. The van der Waals surface area contributed by atoms with Gasteiger partial charge >= 0.3 is 0 Å². The number of ether oxygens (including phenoxy) is 1. The maximum atomic E-state index is 12.4. The van der Waals surface area contributed by atoms with E-state index in [0.29, 0.717) is 13.0 Å². The van der Waals surface area contributed by atoms with Crippen molar-refractivity contribution >= 4 is 5.91 Å². The van der Waals surface area contributed by atoms with Gasteiger partial charge in [-0.2, -0.15) is 0 Å². The van der Waals surface area contributed by atoms with Crippen LogP contribution in [0.5, 0.6) is 0 Å². The van der Waals surface area contributed by atoms with Gasteiger partial charge in [0.25, 0.3) is 0 Å². The molecule has 134 valence electrons. The van der Waals surface area contributed by atoms with E-state index in [0.717, 1.165) is 31.7 Å². The molecule has 2 aromatic rings. The molecule has 2 heterocycles. The fourth-order valence-electron chi connectivity index (χ4n) is 3.17. The van der Waals surface area contributed by atoms with Crippen molar-refractivity contribution < 1.29 is 9.53 Å². The maximum absolute atomic E-state index is 12.4. The number of rotatable bonds is 7. The van der Waals surface area contributed by atoms with Crippen molar-refractivity contribution in [2.45, 2.75) is 38.0 Å². The summed E-state index contributed by atoms with van der Waals surface area (Å²) in [6, 6.07) is 9.62. The van der Waals surface area contributed by atoms with Crippen LogP contribution in [-0.2, 0) is 22.5 Å². The number of nitrogens with two attached hydrogens (primary N) is 1. The molecule has 1 aromatic carbocycles. The highest BCUT2D eigenvalue weighted by atomic mass is 16.5. The number of amides is 1. The van der Waals surface area contributed by atoms with Crippen LogP contribution in [-0.4, -0.2) is 52.7 Å². The first kappa shape index (κ1) is 17.6. The van der Waals surface area contributed by atoms with E-state index in [9.17, 15) is 4.79 Å². The monoisotopic (exact) mass is 342 g/mol. The first-order valence-corrected chi connectivity index (χ1v) is 8.78. The largest absolute Gasteiger partial charge is 0.376 e. The fourth-order valence-corrected chi connectivity index (χ4v) is 3.17. The Labute approximate surface area is 148 Å². The van der Waals surface area contributed by atoms with Gasteiger partial charge < -0.3 is 19.9 Å². The summed E-state index contributed by atoms with van der Waals surface area (Å²) in [4.78, 5) is 18.5. The van der Waals surface area contributed by atoms with Gasteiger partial charge in [0, 0.05) is 39.4 Å². The van der Waals surface area contributed by atoms with Crippen LogP contribution >= 0.6 is 0 Å². The summed E-state index contributed by atoms with van der Waals surface area (Å²) < 4.78 is 7.59. The molecule has 0 bridgehead atoms. The van der Waals surface area contributed by atoms with Crippen LogP contribution in [0.15, 0.2) is 42.9 Å². The molecule has 25 heavy (non-hydrogen) atoms. The zero-order chi connectivity index (χ0) is 17.6. The molecule has 2 atom stereocenters. The van der Waals surface area contributed by atoms with E-state index in [1.807, 2.05) is 29.0 Å². The smallest absolute Gasteiger partial charge is 0.239 e. The summed E-state index contributed by atoms with van der Waals surface area (Å²) in [5.74, 6) is -0.0619. The van der Waals surface area contributed by atoms with Crippen molar-refractivity contribution in [1.82, 2.24) is 14.5 Å². The second-order valence-electron chi connectivity index (χ2n) is 6.69. The second kappa shape index (κ2) is 8.27. The average Bonchev–Trinajstić information content (AvgIpc) is 3.27. The van der Waals surface area contributed by atoms with Gasteiger partial charge in [-0.15, -0.1) is 0 Å². The number of carbonyl (C=O) groups excluding carboxylic acids is 1. The van der Waals surface area contributed by atoms with Crippen LogP contribution in [0.25, 0.3) is 0 Å². The lowest BCUT2D eigenvalue weighted by molar-refractivity contribution is -0.132. The normalized spacial score (nSPS) is 18.2. The molecule has 6 heteroatoms. The zero-order valence-corrected chi connectivity index (χ0v) is 14.7. The predicted molar refractivity (Wildman–Crippen MR) is 96.1 cm³/mol. The van der Waals surface area contributed by atoms with Crippen LogP contribution in [0.2, 0.25) is 0 Å². The minimum atomic E-state index is -0.577. The summed E-state index contributed by atoms with van der Waals surface area (Å²) in [6.45, 7) is 2.16. The van der Waals surface area contributed by atoms with Crippen molar-refractivity contribution in [3.05, 3.63) is 54.1 Å². The van der Waals surface area contributed by atoms with Crippen molar-refractivity contribution in [2.75, 3.05) is 20.2 Å². The Bertz CT molecular complexity index is 680. The lowest BCUT2D eigenvalue weighted by atomic mass is 10.1. The molecule has 2 N–H and O–H groups in total. The number of hydrogen-bond donors (Lipinski definition) is 1. The molecule has 1 unspecified atom stereocenters. The third-order valence-electron chi connectivity index (χ3n) is 4.52. The molecule has 1 amide bonds. The Morgan fingerprint density at radius 2 is 2.24 bits per heavy atom. The molecule has 0 aliphatic carbocycles. The highest BCUT2D eigenvalue weighted by Gasteiger charge is 2.24. The summed E-state index contributed by atoms with van der Waals surface area (Å²) in [5, 5.41) is 0. The van der Waals surface area contributed by atoms with Crippen LogP contribution in [0.4, 0.5) is 0 Å². The number of imidazole rings is 1. The molecular weight excluding hydrogens is 316 g/mol. The fraction of sp³-hybridized carbons (Fsp3) is 0.474. The Balaban J connectivity index is 1.51. The van der Waals surface area contributed by atoms with E-state index < -0.39 is 6.04 Å². The Morgan fingerprint density at radius 3 is 2.96 bits per heavy atom. The minimum absolute atomic E-state index is 0.0619. The number of hydrogen-bond acceptors (Lipinski definition) is 4. The van der Waals surface area contributed by atoms with Gasteiger partial charge in [0.2, 0.25) is 5.91 Å². The van der Waals surface area contributed by atoms with Gasteiger partial charge in [-0.3, -0.25) is 4.79 Å². The Kier molecular flexibility index (Phi) is 5.83. The van der Waals surface area contributed by atoms with Gasteiger partial charge in [0.1, 0.15) is 0 Å². The SMILES string of the molecule is CN(CC1CCCO1)C(=O)[C@@H](N)Cc1cn(Cc2ccccc2)cn1. The van der Waals surface area contributed by atoms with Gasteiger partial charge in [0.05, 0.1) is 24.2 Å². The van der Waals surface area contributed by atoms with E-state index >= 15 is 0 Å². The first-order chi connectivity index (χ1) is 12.1. The molecule has 1 aliphatic rings. The molecule has 1 aromatic heterocycles. The van der Waals surface area contributed by atoms with E-state index in [4.69, 9.17) is 10.5 Å². The molecule has 1 saturated heterocycles. The lowest BCUT2D eigenvalue weighted by Crippen LogP contribution is -2.45. The summed E-state index contributed by atoms with van der Waals surface area (Å²) in [7, 11) is 1.79. The molecule has 0 spiro atoms. The highest BCUT2D eigenvalue weighted by molar-refractivity contribution is 5.81. The molecular formula is C19H26N4O2. The number of benzene rings is 1.